The minimum Gasteiger partial charge on any atom is -0.382 e. The van der Waals surface area contributed by atoms with Crippen molar-refractivity contribution in [2.24, 2.45) is 17.8 Å². The number of nitrogens with one attached hydrogen (secondary N) is 1. The third-order valence-electron chi connectivity index (χ3n) is 7.68. The highest BCUT2D eigenvalue weighted by Gasteiger charge is 2.63. The average Bonchev–Trinajstić information content (AvgIpc) is 3.74. The van der Waals surface area contributed by atoms with Crippen LogP contribution in [0.1, 0.15) is 47.1 Å². The van der Waals surface area contributed by atoms with Crippen LogP contribution in [0.4, 0.5) is 22.0 Å². The van der Waals surface area contributed by atoms with Crippen molar-refractivity contribution in [1.82, 2.24) is 29.5 Å². The van der Waals surface area contributed by atoms with Crippen molar-refractivity contribution < 1.29 is 36.3 Å². The largest absolute Gasteiger partial charge is 0.411 e. The van der Waals surface area contributed by atoms with Gasteiger partial charge in [-0.05, 0) is 60.2 Å². The molecule has 1 saturated carbocycles. The molecule has 0 radical (unpaired) electrons. The summed E-state index contributed by atoms with van der Waals surface area (Å²) in [6, 6.07) is 11.8. The van der Waals surface area contributed by atoms with Crippen molar-refractivity contribution in [3.05, 3.63) is 87.2 Å². The molecule has 2 aromatic carbocycles. The molecule has 0 spiro atoms. The van der Waals surface area contributed by atoms with Crippen LogP contribution in [0.5, 0.6) is 0 Å². The van der Waals surface area contributed by atoms with Gasteiger partial charge in [-0.15, -0.1) is 12.8 Å². The number of carbonyl (C=O) groups is 2. The van der Waals surface area contributed by atoms with Crippen molar-refractivity contribution in [1.29, 1.82) is 0 Å². The van der Waals surface area contributed by atoms with E-state index in [9.17, 15) is 36.3 Å². The summed E-state index contributed by atoms with van der Waals surface area (Å²) in [7, 11) is 4.53. The second-order valence-electron chi connectivity index (χ2n) is 10.6. The topological polar surface area (TPSA) is 150 Å². The number of guanidine groups is 1. The average molecular weight is 723 g/mol. The summed E-state index contributed by atoms with van der Waals surface area (Å²) in [5.74, 6) is -1.17. The van der Waals surface area contributed by atoms with E-state index in [1.54, 1.807) is 42.7 Å². The monoisotopic (exact) mass is 722 g/mol. The third-order valence-corrected chi connectivity index (χ3v) is 8.00. The summed E-state index contributed by atoms with van der Waals surface area (Å²) >= 11 is 6.34. The minimum atomic E-state index is -4.28. The van der Waals surface area contributed by atoms with E-state index < -0.39 is 35.9 Å². The number of halogens is 6. The van der Waals surface area contributed by atoms with E-state index in [0.717, 1.165) is 11.0 Å². The van der Waals surface area contributed by atoms with E-state index in [4.69, 9.17) is 22.1 Å². The molecule has 0 bridgehead atoms. The van der Waals surface area contributed by atoms with Gasteiger partial charge in [-0.1, -0.05) is 17.7 Å². The molecule has 0 saturated heterocycles. The highest BCUT2D eigenvalue weighted by Crippen LogP contribution is 2.48. The number of fused-ring (bicyclic) bond motifs is 1. The molecule has 4 aromatic rings. The van der Waals surface area contributed by atoms with Gasteiger partial charge in [0.05, 0.1) is 28.9 Å². The number of benzene rings is 2. The fourth-order valence-electron chi connectivity index (χ4n) is 4.88. The first-order valence-corrected chi connectivity index (χ1v) is 14.8. The maximum Gasteiger partial charge on any atom is 0.411 e. The smallest absolute Gasteiger partial charge is 0.382 e. The van der Waals surface area contributed by atoms with Crippen LogP contribution >= 0.6 is 11.6 Å². The van der Waals surface area contributed by atoms with Gasteiger partial charge in [0.2, 0.25) is 6.41 Å². The van der Waals surface area contributed by atoms with Gasteiger partial charge in [0, 0.05) is 32.8 Å². The summed E-state index contributed by atoms with van der Waals surface area (Å²) in [5, 5.41) is 6.48. The lowest BCUT2D eigenvalue weighted by Crippen LogP contribution is -2.46. The Hall–Kier alpha value is -5.34. The molecule has 0 aliphatic heterocycles. The number of aromatic nitrogens is 4. The molecule has 1 fully saturated rings. The molecule has 3 N–H and O–H groups in total. The van der Waals surface area contributed by atoms with Crippen molar-refractivity contribution >= 4 is 40.8 Å². The zero-order valence-electron chi connectivity index (χ0n) is 26.9. The maximum atomic E-state index is 13.8. The maximum absolute atomic E-state index is 13.8. The molecule has 50 heavy (non-hydrogen) atoms. The quantitative estimate of drug-likeness (QED) is 0.0846. The number of pyridine rings is 1. The highest BCUT2D eigenvalue weighted by molar-refractivity contribution is 6.32. The molecule has 2 heterocycles. The van der Waals surface area contributed by atoms with Crippen molar-refractivity contribution in [3.63, 3.8) is 0 Å². The van der Waals surface area contributed by atoms with Gasteiger partial charge in [-0.25, -0.2) is 18.4 Å². The molecule has 18 heteroatoms. The number of hydrogen-bond acceptors (Lipinski definition) is 7. The lowest BCUT2D eigenvalue weighted by molar-refractivity contribution is -0.167. The number of terminal acetylenes is 1. The fraction of sp³-hybridized carbons (Fsp3) is 0.312. The molecule has 5 rings (SSSR count). The molecule has 2 aromatic heterocycles. The summed E-state index contributed by atoms with van der Waals surface area (Å²) < 4.78 is 70.4. The Kier molecular flexibility index (Phi) is 12.8. The molecule has 266 valence electrons. The Labute approximate surface area is 287 Å². The Morgan fingerprint density at radius 1 is 1.20 bits per heavy atom. The SMILES string of the molecule is C#C.CN=C(N)N(C(=O)c1ccc2c(ccc(=O)n2C)c1)[C@H](COC)c1ccc(Cl)c(-n2ncnc2C(F)F)c1.O=CNC1(C(F)(F)F)CC1. The minimum absolute atomic E-state index is 0.00917. The molecule has 1 aliphatic rings. The summed E-state index contributed by atoms with van der Waals surface area (Å²) in [5.41, 5.74) is 5.70. The molecule has 0 unspecified atom stereocenters. The van der Waals surface area contributed by atoms with Crippen LogP contribution in [0.3, 0.4) is 0 Å². The lowest BCUT2D eigenvalue weighted by Gasteiger charge is -2.31. The Bertz CT molecular complexity index is 1940. The molecule has 2 amide bonds. The summed E-state index contributed by atoms with van der Waals surface area (Å²) in [4.78, 5) is 44.4. The van der Waals surface area contributed by atoms with Crippen LogP contribution < -0.4 is 16.6 Å². The second-order valence-corrected chi connectivity index (χ2v) is 11.0. The first-order valence-electron chi connectivity index (χ1n) is 14.4. The summed E-state index contributed by atoms with van der Waals surface area (Å²) in [6.07, 6.45) is 1.95. The number of aryl methyl sites for hydroxylation is 1. The Balaban J connectivity index is 0.000000479. The molecular formula is C32H32ClF5N8O4. The molecular weight excluding hydrogens is 691 g/mol. The van der Waals surface area contributed by atoms with Crippen LogP contribution in [-0.4, -0.2) is 75.0 Å². The number of aliphatic imine (C=N–C) groups is 1. The van der Waals surface area contributed by atoms with E-state index >= 15 is 0 Å². The van der Waals surface area contributed by atoms with Gasteiger partial charge in [-0.2, -0.15) is 18.3 Å². The zero-order valence-corrected chi connectivity index (χ0v) is 27.6. The fourth-order valence-corrected chi connectivity index (χ4v) is 5.08. The molecule has 12 nitrogen and oxygen atoms in total. The second kappa shape index (κ2) is 16.4. The third kappa shape index (κ3) is 8.26. The van der Waals surface area contributed by atoms with Crippen LogP contribution in [0.15, 0.2) is 64.6 Å². The van der Waals surface area contributed by atoms with Gasteiger partial charge >= 0.3 is 6.18 Å². The first-order chi connectivity index (χ1) is 23.7. The first kappa shape index (κ1) is 39.1. The normalized spacial score (nSPS) is 14.1. The number of amides is 2. The number of ether oxygens (including phenoxy) is 1. The van der Waals surface area contributed by atoms with Crippen molar-refractivity contribution in [2.75, 3.05) is 20.8 Å². The van der Waals surface area contributed by atoms with Crippen molar-refractivity contribution in [3.8, 4) is 18.5 Å². The van der Waals surface area contributed by atoms with Crippen LogP contribution in [0.2, 0.25) is 5.02 Å². The number of alkyl halides is 5. The van der Waals surface area contributed by atoms with E-state index in [0.29, 0.717) is 16.5 Å². The number of carbonyl (C=O) groups excluding carboxylic acids is 2. The lowest BCUT2D eigenvalue weighted by atomic mass is 10.0. The van der Waals surface area contributed by atoms with Gasteiger partial charge in [0.1, 0.15) is 11.9 Å². The van der Waals surface area contributed by atoms with Crippen LogP contribution in [0, 0.1) is 12.8 Å². The highest BCUT2D eigenvalue weighted by atomic mass is 35.5. The standard InChI is InChI=1S/C25H24ClF2N7O3.C5H6F3NO.C2H2/c1-30-25(29)34(24(37)16-5-8-18-14(10-16)6-9-21(36)33(18)2)20(12-38-3)15-4-7-17(26)19(11-15)35-23(22(27)28)31-13-32-35;6-5(7,8)4(1-2-4)9-3-10;1-2/h4-11,13,20,22H,12H2,1-3H3,(H2,29,30);3H,1-2H2,(H,9,10);1-2H/t20-;;/m1../s1. The number of methoxy groups -OCH3 is 1. The van der Waals surface area contributed by atoms with Gasteiger partial charge < -0.3 is 20.4 Å². The Morgan fingerprint density at radius 3 is 2.42 bits per heavy atom. The van der Waals surface area contributed by atoms with Crippen molar-refractivity contribution in [2.45, 2.75) is 37.0 Å². The molecule has 1 atom stereocenters. The van der Waals surface area contributed by atoms with Gasteiger partial charge in [-0.3, -0.25) is 24.3 Å². The molecule has 1 aliphatic carbocycles. The van der Waals surface area contributed by atoms with E-state index in [-0.39, 0.29) is 53.7 Å². The van der Waals surface area contributed by atoms with E-state index in [1.807, 2.05) is 0 Å². The predicted octanol–water partition coefficient (Wildman–Crippen LogP) is 4.56. The van der Waals surface area contributed by atoms with Crippen LogP contribution in [0.25, 0.3) is 16.6 Å². The summed E-state index contributed by atoms with van der Waals surface area (Å²) in [6.45, 7) is -0.00975. The van der Waals surface area contributed by atoms with Crippen LogP contribution in [-0.2, 0) is 16.6 Å². The number of hydrogen-bond donors (Lipinski definition) is 2. The Morgan fingerprint density at radius 2 is 1.88 bits per heavy atom. The number of nitrogens with two attached hydrogens (primary N) is 1. The van der Waals surface area contributed by atoms with E-state index in [1.165, 1.54) is 41.8 Å². The number of rotatable bonds is 9. The van der Waals surface area contributed by atoms with Gasteiger partial charge in [0.15, 0.2) is 11.8 Å². The predicted molar refractivity (Wildman–Crippen MR) is 176 cm³/mol. The van der Waals surface area contributed by atoms with Gasteiger partial charge in [0.25, 0.3) is 17.9 Å². The zero-order chi connectivity index (χ0) is 37.4. The van der Waals surface area contributed by atoms with E-state index in [2.05, 4.69) is 27.9 Å². The number of nitrogens with zero attached hydrogens (tertiary/aromatic N) is 6.